The molecule has 29 heavy (non-hydrogen) atoms. The summed E-state index contributed by atoms with van der Waals surface area (Å²) in [4.78, 5) is 0. The molecule has 0 aromatic heterocycles. The van der Waals surface area contributed by atoms with E-state index in [1.165, 1.54) is 54.4 Å². The average Bonchev–Trinajstić information content (AvgIpc) is 3.02. The van der Waals surface area contributed by atoms with Gasteiger partial charge in [-0.2, -0.15) is 0 Å². The third-order valence-corrected chi connectivity index (χ3v) is 8.95. The molecule has 1 spiro atoms. The van der Waals surface area contributed by atoms with Crippen molar-refractivity contribution in [3.05, 3.63) is 82.9 Å². The molecule has 5 aliphatic carbocycles. The number of hydrogen-bond acceptors (Lipinski definition) is 0. The zero-order chi connectivity index (χ0) is 19.2. The van der Waals surface area contributed by atoms with Crippen molar-refractivity contribution in [3.63, 3.8) is 0 Å². The van der Waals surface area contributed by atoms with Crippen molar-refractivity contribution in [1.29, 1.82) is 0 Å². The molecule has 0 unspecified atom stereocenters. The third kappa shape index (κ3) is 2.11. The Morgan fingerprint density at radius 1 is 0.621 bits per heavy atom. The number of fused-ring (bicyclic) bond motifs is 3. The Balaban J connectivity index is 1.51. The zero-order valence-electron chi connectivity index (χ0n) is 16.6. The van der Waals surface area contributed by atoms with Crippen molar-refractivity contribution in [2.45, 2.75) is 37.5 Å². The Labute approximate surface area is 177 Å². The lowest BCUT2D eigenvalue weighted by molar-refractivity contribution is -0.0399. The van der Waals surface area contributed by atoms with Crippen molar-refractivity contribution in [2.24, 2.45) is 23.7 Å². The Kier molecular flexibility index (Phi) is 3.32. The van der Waals surface area contributed by atoms with E-state index in [9.17, 15) is 0 Å². The second-order valence-electron chi connectivity index (χ2n) is 9.99. The van der Waals surface area contributed by atoms with E-state index in [0.717, 1.165) is 28.7 Å². The van der Waals surface area contributed by atoms with E-state index in [0.29, 0.717) is 0 Å². The molecule has 5 aliphatic rings. The summed E-state index contributed by atoms with van der Waals surface area (Å²) in [6.45, 7) is 0. The van der Waals surface area contributed by atoms with Crippen LogP contribution in [-0.4, -0.2) is 0 Å². The molecule has 0 aliphatic heterocycles. The molecule has 8 rings (SSSR count). The highest BCUT2D eigenvalue weighted by molar-refractivity contribution is 6.31. The smallest absolute Gasteiger partial charge is 0.0412 e. The van der Waals surface area contributed by atoms with Crippen LogP contribution in [0.25, 0.3) is 22.3 Å². The van der Waals surface area contributed by atoms with Gasteiger partial charge in [0.25, 0.3) is 0 Å². The van der Waals surface area contributed by atoms with Gasteiger partial charge in [0, 0.05) is 10.4 Å². The van der Waals surface area contributed by atoms with Crippen LogP contribution in [0.1, 0.15) is 43.2 Å². The summed E-state index contributed by atoms with van der Waals surface area (Å²) >= 11 is 6.50. The van der Waals surface area contributed by atoms with Crippen LogP contribution in [0, 0.1) is 23.7 Å². The molecule has 0 amide bonds. The van der Waals surface area contributed by atoms with Gasteiger partial charge in [0.1, 0.15) is 0 Å². The van der Waals surface area contributed by atoms with Gasteiger partial charge in [0.05, 0.1) is 0 Å². The summed E-state index contributed by atoms with van der Waals surface area (Å²) in [6, 6.07) is 24.9. The predicted molar refractivity (Wildman–Crippen MR) is 120 cm³/mol. The molecule has 4 fully saturated rings. The second-order valence-corrected chi connectivity index (χ2v) is 10.4. The molecule has 0 nitrogen and oxygen atoms in total. The van der Waals surface area contributed by atoms with Crippen molar-refractivity contribution in [3.8, 4) is 22.3 Å². The van der Waals surface area contributed by atoms with E-state index in [-0.39, 0.29) is 5.41 Å². The Bertz CT molecular complexity index is 1100. The Morgan fingerprint density at radius 2 is 1.34 bits per heavy atom. The summed E-state index contributed by atoms with van der Waals surface area (Å²) in [5.74, 6) is 3.54. The standard InChI is InChI=1S/C28H25Cl/c29-23-7-9-26-25(16-23)24-8-6-20(19-4-2-1-3-5-19)15-27(24)28(26)21-11-17-10-18(13-21)14-22(28)12-17/h1-9,15-18,21-22H,10-14H2. The van der Waals surface area contributed by atoms with Gasteiger partial charge in [-0.25, -0.2) is 0 Å². The molecule has 4 saturated carbocycles. The van der Waals surface area contributed by atoms with Crippen molar-refractivity contribution in [1.82, 2.24) is 0 Å². The van der Waals surface area contributed by atoms with Crippen molar-refractivity contribution >= 4 is 11.6 Å². The molecule has 0 saturated heterocycles. The van der Waals surface area contributed by atoms with E-state index < -0.39 is 0 Å². The van der Waals surface area contributed by atoms with E-state index in [1.54, 1.807) is 11.1 Å². The van der Waals surface area contributed by atoms with E-state index >= 15 is 0 Å². The minimum absolute atomic E-state index is 0.216. The van der Waals surface area contributed by atoms with Crippen LogP contribution in [0.2, 0.25) is 5.02 Å². The monoisotopic (exact) mass is 396 g/mol. The van der Waals surface area contributed by atoms with Crippen LogP contribution < -0.4 is 0 Å². The topological polar surface area (TPSA) is 0 Å². The lowest BCUT2D eigenvalue weighted by Gasteiger charge is -2.61. The van der Waals surface area contributed by atoms with Gasteiger partial charge >= 0.3 is 0 Å². The fraction of sp³-hybridized carbons (Fsp3) is 0.357. The summed E-state index contributed by atoms with van der Waals surface area (Å²) in [7, 11) is 0. The maximum Gasteiger partial charge on any atom is 0.0412 e. The first-order chi connectivity index (χ1) is 14.2. The molecule has 0 N–H and O–H groups in total. The van der Waals surface area contributed by atoms with E-state index in [2.05, 4.69) is 66.7 Å². The number of rotatable bonds is 1. The molecule has 3 aromatic rings. The summed E-state index contributed by atoms with van der Waals surface area (Å²) in [6.07, 6.45) is 7.18. The molecule has 0 heterocycles. The molecule has 3 aromatic carbocycles. The molecule has 1 heteroatoms. The summed E-state index contributed by atoms with van der Waals surface area (Å²) in [5, 5.41) is 0.864. The van der Waals surface area contributed by atoms with Gasteiger partial charge in [-0.1, -0.05) is 60.1 Å². The fourth-order valence-corrected chi connectivity index (χ4v) is 8.16. The van der Waals surface area contributed by atoms with Crippen LogP contribution in [-0.2, 0) is 5.41 Å². The first-order valence-electron chi connectivity index (χ1n) is 11.2. The Morgan fingerprint density at radius 3 is 2.07 bits per heavy atom. The summed E-state index contributed by atoms with van der Waals surface area (Å²) in [5.41, 5.74) is 8.92. The Hall–Kier alpha value is -2.05. The van der Waals surface area contributed by atoms with Crippen LogP contribution in [0.4, 0.5) is 0 Å². The molecule has 0 atom stereocenters. The van der Waals surface area contributed by atoms with Crippen LogP contribution in [0.15, 0.2) is 66.7 Å². The van der Waals surface area contributed by atoms with Gasteiger partial charge in [0.2, 0.25) is 0 Å². The summed E-state index contributed by atoms with van der Waals surface area (Å²) < 4.78 is 0. The lowest BCUT2D eigenvalue weighted by atomic mass is 9.43. The minimum Gasteiger partial charge on any atom is -0.0843 e. The van der Waals surface area contributed by atoms with E-state index in [1.807, 2.05) is 0 Å². The highest BCUT2D eigenvalue weighted by Crippen LogP contribution is 2.69. The lowest BCUT2D eigenvalue weighted by Crippen LogP contribution is -2.55. The SMILES string of the molecule is Clc1ccc2c(c1)-c1ccc(-c3ccccc3)cc1C21C2CC3CC(C2)CC1C3. The number of hydrogen-bond donors (Lipinski definition) is 0. The number of halogens is 1. The minimum atomic E-state index is 0.216. The second kappa shape index (κ2) is 5.76. The molecule has 0 radical (unpaired) electrons. The maximum atomic E-state index is 6.50. The molecule has 144 valence electrons. The van der Waals surface area contributed by atoms with Crippen LogP contribution >= 0.6 is 11.6 Å². The fourth-order valence-electron chi connectivity index (χ4n) is 7.98. The first kappa shape index (κ1) is 16.7. The van der Waals surface area contributed by atoms with E-state index in [4.69, 9.17) is 11.6 Å². The van der Waals surface area contributed by atoms with Gasteiger partial charge < -0.3 is 0 Å². The normalized spacial score (nSPS) is 33.1. The van der Waals surface area contributed by atoms with Crippen LogP contribution in [0.5, 0.6) is 0 Å². The van der Waals surface area contributed by atoms with Crippen LogP contribution in [0.3, 0.4) is 0 Å². The van der Waals surface area contributed by atoms with Crippen molar-refractivity contribution < 1.29 is 0 Å². The van der Waals surface area contributed by atoms with Gasteiger partial charge in [-0.05, 0) is 107 Å². The molecular formula is C28H25Cl. The highest BCUT2D eigenvalue weighted by Gasteiger charge is 2.61. The van der Waals surface area contributed by atoms with Gasteiger partial charge in [-0.15, -0.1) is 0 Å². The van der Waals surface area contributed by atoms with Gasteiger partial charge in [-0.3, -0.25) is 0 Å². The largest absolute Gasteiger partial charge is 0.0843 e. The first-order valence-corrected chi connectivity index (χ1v) is 11.6. The molecule has 4 bridgehead atoms. The predicted octanol–water partition coefficient (Wildman–Crippen LogP) is 7.73. The van der Waals surface area contributed by atoms with Crippen molar-refractivity contribution in [2.75, 3.05) is 0 Å². The highest BCUT2D eigenvalue weighted by atomic mass is 35.5. The quantitative estimate of drug-likeness (QED) is 0.394. The van der Waals surface area contributed by atoms with Gasteiger partial charge in [0.15, 0.2) is 0 Å². The zero-order valence-corrected chi connectivity index (χ0v) is 17.3. The average molecular weight is 397 g/mol. The molecular weight excluding hydrogens is 372 g/mol. The third-order valence-electron chi connectivity index (χ3n) is 8.72. The number of benzene rings is 3. The maximum absolute atomic E-state index is 6.50.